The molecule has 0 aromatic rings. The molecule has 70 valence electrons. The molecule has 0 amide bonds. The average molecular weight is 183 g/mol. The summed E-state index contributed by atoms with van der Waals surface area (Å²) in [6.45, 7) is -0.248. The molecule has 0 aromatic heterocycles. The fraction of sp³-hybridized carbons (Fsp3) is 0.833. The number of likely N-dealkylation sites (tertiary alicyclic amines) is 1. The van der Waals surface area contributed by atoms with E-state index in [-0.39, 0.29) is 13.1 Å². The van der Waals surface area contributed by atoms with Gasteiger partial charge in [-0.05, 0) is 0 Å². The molecule has 1 saturated heterocycles. The van der Waals surface area contributed by atoms with E-state index in [2.05, 4.69) is 0 Å². The molecular formula is C6H8F3NO2. The van der Waals surface area contributed by atoms with Crippen molar-refractivity contribution >= 4 is 5.97 Å². The van der Waals surface area contributed by atoms with Gasteiger partial charge in [0.05, 0.1) is 5.92 Å². The average Bonchev–Trinajstić information content (AvgIpc) is 1.82. The highest BCUT2D eigenvalue weighted by molar-refractivity contribution is 5.71. The number of carbonyl (C=O) groups is 1. The topological polar surface area (TPSA) is 40.5 Å². The molecule has 0 aromatic carbocycles. The number of nitrogens with zero attached hydrogens (tertiary/aromatic N) is 1. The molecule has 1 heterocycles. The normalized spacial score (nSPS) is 22.3. The third kappa shape index (κ3) is 1.69. The zero-order valence-electron chi connectivity index (χ0n) is 6.08. The van der Waals surface area contributed by atoms with Crippen molar-refractivity contribution in [3.8, 4) is 0 Å². The van der Waals surface area contributed by atoms with Gasteiger partial charge >= 0.3 is 5.97 Å². The lowest BCUT2D eigenvalue weighted by molar-refractivity contribution is -0.156. The van der Waals surface area contributed by atoms with E-state index in [0.29, 0.717) is 0 Å². The molecule has 0 spiro atoms. The summed E-state index contributed by atoms with van der Waals surface area (Å²) in [5.41, 5.74) is 0. The second kappa shape index (κ2) is 3.30. The molecule has 1 aliphatic rings. The van der Waals surface area contributed by atoms with Gasteiger partial charge in [-0.25, -0.2) is 13.2 Å². The van der Waals surface area contributed by atoms with Gasteiger partial charge in [-0.2, -0.15) is 0 Å². The van der Waals surface area contributed by atoms with Crippen molar-refractivity contribution in [1.82, 2.24) is 4.90 Å². The minimum atomic E-state index is -3.06. The smallest absolute Gasteiger partial charge is 0.309 e. The molecule has 1 rings (SSSR count). The van der Waals surface area contributed by atoms with Crippen LogP contribution in [-0.2, 0) is 4.79 Å². The highest BCUT2D eigenvalue weighted by Gasteiger charge is 2.40. The molecule has 6 heteroatoms. The van der Waals surface area contributed by atoms with Crippen molar-refractivity contribution < 1.29 is 23.1 Å². The fourth-order valence-corrected chi connectivity index (χ4v) is 1.03. The van der Waals surface area contributed by atoms with E-state index in [1.54, 1.807) is 0 Å². The van der Waals surface area contributed by atoms with Gasteiger partial charge < -0.3 is 5.11 Å². The first-order chi connectivity index (χ1) is 5.52. The van der Waals surface area contributed by atoms with Crippen LogP contribution < -0.4 is 0 Å². The van der Waals surface area contributed by atoms with Gasteiger partial charge in [0.15, 0.2) is 0 Å². The Bertz CT molecular complexity index is 182. The number of halogens is 3. The molecular weight excluding hydrogens is 175 g/mol. The predicted molar refractivity (Wildman–Crippen MR) is 33.6 cm³/mol. The summed E-state index contributed by atoms with van der Waals surface area (Å²) in [4.78, 5) is 11.0. The molecule has 0 saturated carbocycles. The summed E-state index contributed by atoms with van der Waals surface area (Å²) < 4.78 is 35.7. The minimum absolute atomic E-state index is 0.124. The maximum Gasteiger partial charge on any atom is 0.309 e. The molecule has 0 radical (unpaired) electrons. The Labute approximate surface area is 66.8 Å². The van der Waals surface area contributed by atoms with E-state index < -0.39 is 24.6 Å². The molecule has 0 bridgehead atoms. The Morgan fingerprint density at radius 2 is 1.92 bits per heavy atom. The van der Waals surface area contributed by atoms with Crippen molar-refractivity contribution in [3.05, 3.63) is 0 Å². The van der Waals surface area contributed by atoms with E-state index in [4.69, 9.17) is 5.11 Å². The van der Waals surface area contributed by atoms with Crippen LogP contribution in [-0.4, -0.2) is 41.8 Å². The summed E-state index contributed by atoms with van der Waals surface area (Å²) in [5.74, 6) is -1.75. The Kier molecular flexibility index (Phi) is 2.56. The maximum atomic E-state index is 12.4. The minimum Gasteiger partial charge on any atom is -0.481 e. The third-order valence-electron chi connectivity index (χ3n) is 1.82. The van der Waals surface area contributed by atoms with Crippen molar-refractivity contribution in [2.75, 3.05) is 13.1 Å². The lowest BCUT2D eigenvalue weighted by Crippen LogP contribution is -2.55. The highest BCUT2D eigenvalue weighted by Crippen LogP contribution is 2.22. The Morgan fingerprint density at radius 3 is 2.25 bits per heavy atom. The van der Waals surface area contributed by atoms with Crippen molar-refractivity contribution in [2.24, 2.45) is 5.92 Å². The lowest BCUT2D eigenvalue weighted by Gasteiger charge is -2.38. The quantitative estimate of drug-likeness (QED) is 0.650. The Balaban J connectivity index is 2.29. The number of aliphatic carboxylic acids is 1. The number of rotatable bonds is 3. The maximum absolute atomic E-state index is 12.4. The fourth-order valence-electron chi connectivity index (χ4n) is 1.03. The van der Waals surface area contributed by atoms with Crippen molar-refractivity contribution in [1.29, 1.82) is 0 Å². The van der Waals surface area contributed by atoms with Gasteiger partial charge in [-0.3, -0.25) is 9.69 Å². The van der Waals surface area contributed by atoms with Crippen LogP contribution in [0.1, 0.15) is 0 Å². The van der Waals surface area contributed by atoms with E-state index in [0.717, 1.165) is 4.90 Å². The number of alkyl halides is 3. The molecule has 1 unspecified atom stereocenters. The molecule has 3 nitrogen and oxygen atoms in total. The molecule has 1 N–H and O–H groups in total. The summed E-state index contributed by atoms with van der Waals surface area (Å²) >= 11 is 0. The Morgan fingerprint density at radius 1 is 1.42 bits per heavy atom. The molecule has 1 aliphatic heterocycles. The summed E-state index contributed by atoms with van der Waals surface area (Å²) in [6, 6.07) is 0. The van der Waals surface area contributed by atoms with Crippen molar-refractivity contribution in [2.45, 2.75) is 12.7 Å². The first-order valence-electron chi connectivity index (χ1n) is 3.41. The summed E-state index contributed by atoms with van der Waals surface area (Å²) in [7, 11) is 0. The zero-order valence-corrected chi connectivity index (χ0v) is 6.08. The van der Waals surface area contributed by atoms with Crippen LogP contribution in [0.3, 0.4) is 0 Å². The van der Waals surface area contributed by atoms with Gasteiger partial charge in [0.2, 0.25) is 6.30 Å². The van der Waals surface area contributed by atoms with Crippen LogP contribution in [0.4, 0.5) is 13.2 Å². The molecule has 12 heavy (non-hydrogen) atoms. The van der Waals surface area contributed by atoms with Crippen LogP contribution in [0, 0.1) is 5.92 Å². The Hall–Kier alpha value is -0.780. The number of carboxylic acid groups (broad SMARTS) is 1. The van der Waals surface area contributed by atoms with Gasteiger partial charge in [-0.15, -0.1) is 0 Å². The summed E-state index contributed by atoms with van der Waals surface area (Å²) in [5, 5.41) is 8.33. The second-order valence-electron chi connectivity index (χ2n) is 2.70. The SMILES string of the molecule is O=C(O)C1CN(C(F)C(F)F)C1. The van der Waals surface area contributed by atoms with Crippen LogP contribution in [0.5, 0.6) is 0 Å². The third-order valence-corrected chi connectivity index (χ3v) is 1.82. The molecule has 1 atom stereocenters. The monoisotopic (exact) mass is 183 g/mol. The van der Waals surface area contributed by atoms with Crippen LogP contribution in [0.2, 0.25) is 0 Å². The molecule has 0 aliphatic carbocycles. The van der Waals surface area contributed by atoms with Gasteiger partial charge in [-0.1, -0.05) is 0 Å². The summed E-state index contributed by atoms with van der Waals surface area (Å²) in [6.07, 6.45) is -5.37. The van der Waals surface area contributed by atoms with E-state index in [1.807, 2.05) is 0 Å². The van der Waals surface area contributed by atoms with Gasteiger partial charge in [0.25, 0.3) is 6.43 Å². The number of hydrogen-bond donors (Lipinski definition) is 1. The highest BCUT2D eigenvalue weighted by atomic mass is 19.3. The lowest BCUT2D eigenvalue weighted by atomic mass is 10.0. The molecule has 1 fully saturated rings. The van der Waals surface area contributed by atoms with Crippen LogP contribution in [0.25, 0.3) is 0 Å². The van der Waals surface area contributed by atoms with Gasteiger partial charge in [0.1, 0.15) is 0 Å². The first kappa shape index (κ1) is 9.31. The van der Waals surface area contributed by atoms with E-state index in [9.17, 15) is 18.0 Å². The van der Waals surface area contributed by atoms with Gasteiger partial charge in [0, 0.05) is 13.1 Å². The van der Waals surface area contributed by atoms with Crippen LogP contribution >= 0.6 is 0 Å². The van der Waals surface area contributed by atoms with E-state index >= 15 is 0 Å². The van der Waals surface area contributed by atoms with Crippen LogP contribution in [0.15, 0.2) is 0 Å². The standard InChI is InChI=1S/C6H8F3NO2/c7-4(8)5(9)10-1-3(2-10)6(11)12/h3-5H,1-2H2,(H,11,12). The number of carboxylic acids is 1. The largest absolute Gasteiger partial charge is 0.481 e. The predicted octanol–water partition coefficient (Wildman–Crippen LogP) is 0.564. The number of hydrogen-bond acceptors (Lipinski definition) is 2. The van der Waals surface area contributed by atoms with E-state index in [1.165, 1.54) is 0 Å². The second-order valence-corrected chi connectivity index (χ2v) is 2.70. The first-order valence-corrected chi connectivity index (χ1v) is 3.41. The van der Waals surface area contributed by atoms with Crippen molar-refractivity contribution in [3.63, 3.8) is 0 Å². The zero-order chi connectivity index (χ0) is 9.30.